The van der Waals surface area contributed by atoms with Crippen molar-refractivity contribution in [2.75, 3.05) is 30.5 Å². The number of aromatic nitrogens is 2. The van der Waals surface area contributed by atoms with Crippen molar-refractivity contribution in [2.24, 2.45) is 0 Å². The van der Waals surface area contributed by atoms with Crippen LogP contribution < -0.4 is 15.4 Å². The summed E-state index contributed by atoms with van der Waals surface area (Å²) in [7, 11) is 1.65. The summed E-state index contributed by atoms with van der Waals surface area (Å²) in [5.41, 5.74) is 0.957. The zero-order valence-electron chi connectivity index (χ0n) is 11.8. The molecule has 0 unspecified atom stereocenters. The molecule has 1 heterocycles. The lowest BCUT2D eigenvalue weighted by molar-refractivity contribution is 0.415. The van der Waals surface area contributed by atoms with E-state index in [2.05, 4.69) is 20.6 Å². The van der Waals surface area contributed by atoms with Crippen molar-refractivity contribution in [3.63, 3.8) is 0 Å². The van der Waals surface area contributed by atoms with E-state index in [1.165, 1.54) is 11.8 Å². The first-order chi connectivity index (χ1) is 9.75. The highest BCUT2D eigenvalue weighted by molar-refractivity contribution is 7.98. The second kappa shape index (κ2) is 7.00. The van der Waals surface area contributed by atoms with Crippen LogP contribution in [0, 0.1) is 0 Å². The molecule has 1 aromatic carbocycles. The molecule has 2 aromatic rings. The van der Waals surface area contributed by atoms with Gasteiger partial charge in [0.05, 0.1) is 7.11 Å². The highest BCUT2D eigenvalue weighted by atomic mass is 32.2. The van der Waals surface area contributed by atoms with Crippen molar-refractivity contribution in [2.45, 2.75) is 12.1 Å². The van der Waals surface area contributed by atoms with E-state index in [4.69, 9.17) is 4.74 Å². The average Bonchev–Trinajstić information content (AvgIpc) is 2.48. The Morgan fingerprint density at radius 3 is 2.45 bits per heavy atom. The van der Waals surface area contributed by atoms with Crippen molar-refractivity contribution in [3.05, 3.63) is 30.3 Å². The molecule has 0 spiro atoms. The van der Waals surface area contributed by atoms with Crippen LogP contribution in [0.25, 0.3) is 0 Å². The Kier molecular flexibility index (Phi) is 5.06. The summed E-state index contributed by atoms with van der Waals surface area (Å²) in [5.74, 6) is 2.42. The fourth-order valence-electron chi connectivity index (χ4n) is 1.67. The summed E-state index contributed by atoms with van der Waals surface area (Å²) < 4.78 is 5.14. The number of ether oxygens (including phenoxy) is 1. The number of hydrogen-bond acceptors (Lipinski definition) is 6. The van der Waals surface area contributed by atoms with Gasteiger partial charge in [-0.3, -0.25) is 0 Å². The predicted molar refractivity (Wildman–Crippen MR) is 84.3 cm³/mol. The van der Waals surface area contributed by atoms with Gasteiger partial charge in [-0.05, 0) is 37.4 Å². The van der Waals surface area contributed by atoms with Gasteiger partial charge in [0.2, 0.25) is 0 Å². The minimum absolute atomic E-state index is 0.736. The zero-order valence-corrected chi connectivity index (χ0v) is 12.6. The number of methoxy groups -OCH3 is 1. The Labute approximate surface area is 123 Å². The lowest BCUT2D eigenvalue weighted by Crippen LogP contribution is -2.03. The Morgan fingerprint density at radius 1 is 1.15 bits per heavy atom. The standard InChI is InChI=1S/C14H18N4OS/c1-4-15-12-9-13(18-14(17-12)20-3)16-10-5-7-11(19-2)8-6-10/h5-9H,4H2,1-3H3,(H2,15,16,17,18). The van der Waals surface area contributed by atoms with Gasteiger partial charge >= 0.3 is 0 Å². The molecule has 0 aliphatic carbocycles. The van der Waals surface area contributed by atoms with Gasteiger partial charge < -0.3 is 15.4 Å². The molecule has 5 nitrogen and oxygen atoms in total. The van der Waals surface area contributed by atoms with E-state index in [1.54, 1.807) is 7.11 Å². The maximum Gasteiger partial charge on any atom is 0.191 e. The van der Waals surface area contributed by atoms with Gasteiger partial charge in [-0.15, -0.1) is 0 Å². The predicted octanol–water partition coefficient (Wildman–Crippen LogP) is 3.38. The van der Waals surface area contributed by atoms with E-state index in [1.807, 2.05) is 43.5 Å². The van der Waals surface area contributed by atoms with Crippen LogP contribution in [-0.2, 0) is 0 Å². The molecule has 1 aromatic heterocycles. The van der Waals surface area contributed by atoms with Gasteiger partial charge in [-0.25, -0.2) is 9.97 Å². The quantitative estimate of drug-likeness (QED) is 0.628. The van der Waals surface area contributed by atoms with Crippen LogP contribution in [0.4, 0.5) is 17.3 Å². The number of anilines is 3. The number of nitrogens with one attached hydrogen (secondary N) is 2. The van der Waals surface area contributed by atoms with E-state index in [-0.39, 0.29) is 0 Å². The monoisotopic (exact) mass is 290 g/mol. The highest BCUT2D eigenvalue weighted by Crippen LogP contribution is 2.22. The third-order valence-electron chi connectivity index (χ3n) is 2.61. The van der Waals surface area contributed by atoms with Gasteiger partial charge in [0.1, 0.15) is 17.4 Å². The Hall–Kier alpha value is -1.95. The summed E-state index contributed by atoms with van der Waals surface area (Å²) in [4.78, 5) is 8.83. The van der Waals surface area contributed by atoms with Gasteiger partial charge in [-0.1, -0.05) is 11.8 Å². The zero-order chi connectivity index (χ0) is 14.4. The van der Waals surface area contributed by atoms with E-state index >= 15 is 0 Å². The Balaban J connectivity index is 2.20. The molecular weight excluding hydrogens is 272 g/mol. The van der Waals surface area contributed by atoms with Crippen molar-refractivity contribution < 1.29 is 4.74 Å². The first kappa shape index (κ1) is 14.5. The van der Waals surface area contributed by atoms with Crippen molar-refractivity contribution >= 4 is 29.1 Å². The first-order valence-corrected chi connectivity index (χ1v) is 7.55. The summed E-state index contributed by atoms with van der Waals surface area (Å²) in [6.07, 6.45) is 1.96. The SMILES string of the molecule is CCNc1cc(Nc2ccc(OC)cc2)nc(SC)n1. The molecule has 106 valence electrons. The fourth-order valence-corrected chi connectivity index (χ4v) is 2.05. The molecule has 2 N–H and O–H groups in total. The molecule has 0 amide bonds. The maximum absolute atomic E-state index is 5.14. The van der Waals surface area contributed by atoms with Gasteiger partial charge in [0.25, 0.3) is 0 Å². The minimum atomic E-state index is 0.736. The Morgan fingerprint density at radius 2 is 1.85 bits per heavy atom. The molecule has 0 aliphatic rings. The molecule has 0 fully saturated rings. The van der Waals surface area contributed by atoms with E-state index in [0.717, 1.165) is 34.8 Å². The van der Waals surface area contributed by atoms with Crippen LogP contribution in [-0.4, -0.2) is 29.9 Å². The second-order valence-corrected chi connectivity index (χ2v) is 4.78. The molecule has 6 heteroatoms. The third-order valence-corrected chi connectivity index (χ3v) is 3.16. The number of nitrogens with zero attached hydrogens (tertiary/aromatic N) is 2. The van der Waals surface area contributed by atoms with Crippen LogP contribution >= 0.6 is 11.8 Å². The molecule has 20 heavy (non-hydrogen) atoms. The van der Waals surface area contributed by atoms with Crippen LogP contribution in [0.15, 0.2) is 35.5 Å². The first-order valence-electron chi connectivity index (χ1n) is 6.33. The molecule has 0 radical (unpaired) electrons. The van der Waals surface area contributed by atoms with Crippen LogP contribution in [0.5, 0.6) is 5.75 Å². The lowest BCUT2D eigenvalue weighted by atomic mass is 10.3. The average molecular weight is 290 g/mol. The summed E-state index contributed by atoms with van der Waals surface area (Å²) >= 11 is 1.52. The molecule has 0 saturated carbocycles. The molecule has 0 aliphatic heterocycles. The maximum atomic E-state index is 5.14. The Bertz CT molecular complexity index is 560. The van der Waals surface area contributed by atoms with Crippen molar-refractivity contribution in [1.82, 2.24) is 9.97 Å². The third kappa shape index (κ3) is 3.77. The highest BCUT2D eigenvalue weighted by Gasteiger charge is 2.04. The number of rotatable bonds is 6. The minimum Gasteiger partial charge on any atom is -0.497 e. The van der Waals surface area contributed by atoms with Crippen LogP contribution in [0.1, 0.15) is 6.92 Å². The van der Waals surface area contributed by atoms with Gasteiger partial charge in [-0.2, -0.15) is 0 Å². The summed E-state index contributed by atoms with van der Waals surface area (Å²) in [6.45, 7) is 2.87. The fraction of sp³-hybridized carbons (Fsp3) is 0.286. The number of thioether (sulfide) groups is 1. The molecule has 0 saturated heterocycles. The largest absolute Gasteiger partial charge is 0.497 e. The number of hydrogen-bond donors (Lipinski definition) is 2. The molecule has 0 atom stereocenters. The molecule has 0 bridgehead atoms. The normalized spacial score (nSPS) is 10.2. The van der Waals surface area contributed by atoms with E-state index in [9.17, 15) is 0 Å². The van der Waals surface area contributed by atoms with Crippen molar-refractivity contribution in [3.8, 4) is 5.75 Å². The van der Waals surface area contributed by atoms with Gasteiger partial charge in [0, 0.05) is 18.3 Å². The summed E-state index contributed by atoms with van der Waals surface area (Å²) in [6, 6.07) is 9.61. The van der Waals surface area contributed by atoms with Crippen LogP contribution in [0.3, 0.4) is 0 Å². The second-order valence-electron chi connectivity index (χ2n) is 4.01. The van der Waals surface area contributed by atoms with E-state index < -0.39 is 0 Å². The molecule has 2 rings (SSSR count). The lowest BCUT2D eigenvalue weighted by Gasteiger charge is -2.10. The topological polar surface area (TPSA) is 59.1 Å². The van der Waals surface area contributed by atoms with Crippen LogP contribution in [0.2, 0.25) is 0 Å². The van der Waals surface area contributed by atoms with Gasteiger partial charge in [0.15, 0.2) is 5.16 Å². The summed E-state index contributed by atoms with van der Waals surface area (Å²) in [5, 5.41) is 7.21. The molecular formula is C14H18N4OS. The van der Waals surface area contributed by atoms with E-state index in [0.29, 0.717) is 0 Å². The smallest absolute Gasteiger partial charge is 0.191 e. The number of benzene rings is 1. The van der Waals surface area contributed by atoms with Crippen molar-refractivity contribution in [1.29, 1.82) is 0 Å².